The number of hydrogen-bond acceptors (Lipinski definition) is 3. The summed E-state index contributed by atoms with van der Waals surface area (Å²) in [6.45, 7) is 7.04. The molecule has 0 fully saturated rings. The van der Waals surface area contributed by atoms with E-state index in [1.54, 1.807) is 0 Å². The van der Waals surface area contributed by atoms with Crippen molar-refractivity contribution in [2.75, 3.05) is 11.9 Å². The van der Waals surface area contributed by atoms with Crippen LogP contribution in [0.25, 0.3) is 16.1 Å². The fourth-order valence-corrected chi connectivity index (χ4v) is 4.01. The summed E-state index contributed by atoms with van der Waals surface area (Å²) < 4.78 is 55.0. The number of rotatable bonds is 3. The molecular formula is C22H15ClF4N6O2. The third-order valence-electron chi connectivity index (χ3n) is 5.32. The molecule has 8 nitrogen and oxygen atoms in total. The van der Waals surface area contributed by atoms with Crippen LogP contribution in [0.5, 0.6) is 0 Å². The van der Waals surface area contributed by atoms with E-state index in [1.807, 2.05) is 0 Å². The van der Waals surface area contributed by atoms with Crippen LogP contribution in [0.2, 0.25) is 5.02 Å². The van der Waals surface area contributed by atoms with E-state index in [0.717, 1.165) is 18.2 Å². The standard InChI is InChI=1S/C22H15ClF4N6O2/c1-29-16-3-2-14(9-15(16)22(25,26)27)30-21(35)32-4-5-33-17(10-32)18(20(28)34)19(31-33)11-6-12(23)8-13(24)7-11/h2-3,6-9H,4-5,10H2,(H2,28,34)(H,30,35). The second-order valence-corrected chi connectivity index (χ2v) is 8.05. The summed E-state index contributed by atoms with van der Waals surface area (Å²) in [5.74, 6) is -1.49. The molecule has 35 heavy (non-hydrogen) atoms. The molecule has 0 atom stereocenters. The van der Waals surface area contributed by atoms with Gasteiger partial charge in [-0.2, -0.15) is 18.3 Å². The van der Waals surface area contributed by atoms with Gasteiger partial charge in [-0.1, -0.05) is 17.7 Å². The van der Waals surface area contributed by atoms with Crippen LogP contribution in [-0.4, -0.2) is 33.2 Å². The number of benzene rings is 2. The Morgan fingerprint density at radius 3 is 2.54 bits per heavy atom. The van der Waals surface area contributed by atoms with Gasteiger partial charge in [0, 0.05) is 22.8 Å². The summed E-state index contributed by atoms with van der Waals surface area (Å²) in [4.78, 5) is 29.2. The number of urea groups is 1. The maximum absolute atomic E-state index is 13.9. The molecule has 0 radical (unpaired) electrons. The van der Waals surface area contributed by atoms with E-state index in [-0.39, 0.29) is 52.9 Å². The maximum Gasteiger partial charge on any atom is 0.407 e. The first kappa shape index (κ1) is 24.0. The van der Waals surface area contributed by atoms with Crippen molar-refractivity contribution in [3.05, 3.63) is 75.5 Å². The van der Waals surface area contributed by atoms with E-state index < -0.39 is 35.2 Å². The largest absolute Gasteiger partial charge is 0.407 e. The number of nitrogens with one attached hydrogen (secondary N) is 1. The predicted octanol–water partition coefficient (Wildman–Crippen LogP) is 5.06. The molecule has 3 N–H and O–H groups in total. The van der Waals surface area contributed by atoms with Crippen molar-refractivity contribution in [3.8, 4) is 11.3 Å². The summed E-state index contributed by atoms with van der Waals surface area (Å²) >= 11 is 5.92. The number of nitrogens with zero attached hydrogens (tertiary/aromatic N) is 4. The molecule has 2 aromatic carbocycles. The summed E-state index contributed by atoms with van der Waals surface area (Å²) in [6, 6.07) is 5.76. The number of carbonyl (C=O) groups is 2. The topological polar surface area (TPSA) is 97.6 Å². The lowest BCUT2D eigenvalue weighted by atomic mass is 10.0. The molecule has 0 unspecified atom stereocenters. The zero-order valence-corrected chi connectivity index (χ0v) is 18.4. The van der Waals surface area contributed by atoms with Crippen LogP contribution in [0.1, 0.15) is 21.6 Å². The Morgan fingerprint density at radius 2 is 1.91 bits per heavy atom. The minimum Gasteiger partial charge on any atom is -0.365 e. The van der Waals surface area contributed by atoms with Crippen LogP contribution < -0.4 is 11.1 Å². The Morgan fingerprint density at radius 1 is 1.17 bits per heavy atom. The molecule has 0 saturated heterocycles. The van der Waals surface area contributed by atoms with Crippen molar-refractivity contribution in [1.29, 1.82) is 0 Å². The molecule has 4 rings (SSSR count). The summed E-state index contributed by atoms with van der Waals surface area (Å²) in [5, 5.41) is 6.81. The number of nitrogens with two attached hydrogens (primary N) is 1. The van der Waals surface area contributed by atoms with Crippen molar-refractivity contribution in [2.24, 2.45) is 5.73 Å². The van der Waals surface area contributed by atoms with Gasteiger partial charge in [0.2, 0.25) is 0 Å². The molecule has 1 aliphatic heterocycles. The monoisotopic (exact) mass is 506 g/mol. The number of aromatic nitrogens is 2. The second kappa shape index (κ2) is 8.92. The number of amides is 3. The molecule has 0 saturated carbocycles. The molecule has 2 heterocycles. The predicted molar refractivity (Wildman–Crippen MR) is 118 cm³/mol. The van der Waals surface area contributed by atoms with Crippen LogP contribution >= 0.6 is 11.6 Å². The number of fused-ring (bicyclic) bond motifs is 1. The van der Waals surface area contributed by atoms with Gasteiger partial charge in [0.1, 0.15) is 11.5 Å². The van der Waals surface area contributed by atoms with Crippen LogP contribution in [0.4, 0.5) is 33.7 Å². The molecule has 3 amide bonds. The van der Waals surface area contributed by atoms with Gasteiger partial charge in [0.05, 0.1) is 36.5 Å². The Hall–Kier alpha value is -4.11. The molecule has 180 valence electrons. The van der Waals surface area contributed by atoms with Crippen LogP contribution in [-0.2, 0) is 19.3 Å². The van der Waals surface area contributed by atoms with Crippen LogP contribution in [0.3, 0.4) is 0 Å². The van der Waals surface area contributed by atoms with Gasteiger partial charge < -0.3 is 16.0 Å². The molecular weight excluding hydrogens is 492 g/mol. The summed E-state index contributed by atoms with van der Waals surface area (Å²) in [6.07, 6.45) is -4.77. The highest BCUT2D eigenvalue weighted by molar-refractivity contribution is 6.30. The average molecular weight is 507 g/mol. The lowest BCUT2D eigenvalue weighted by Crippen LogP contribution is -2.41. The molecule has 0 spiro atoms. The van der Waals surface area contributed by atoms with Crippen LogP contribution in [0, 0.1) is 12.4 Å². The minimum absolute atomic E-state index is 0.0232. The lowest BCUT2D eigenvalue weighted by Gasteiger charge is -2.28. The normalized spacial score (nSPS) is 13.2. The van der Waals surface area contributed by atoms with Crippen molar-refractivity contribution < 1.29 is 27.2 Å². The number of primary amides is 1. The molecule has 3 aromatic rings. The smallest absolute Gasteiger partial charge is 0.365 e. The molecule has 1 aliphatic rings. The molecule has 13 heteroatoms. The lowest BCUT2D eigenvalue weighted by molar-refractivity contribution is -0.136. The maximum atomic E-state index is 13.9. The Kier molecular flexibility index (Phi) is 6.12. The number of carbonyl (C=O) groups excluding carboxylic acids is 2. The van der Waals surface area contributed by atoms with Gasteiger partial charge in [0.15, 0.2) is 5.69 Å². The van der Waals surface area contributed by atoms with E-state index in [1.165, 1.54) is 21.7 Å². The van der Waals surface area contributed by atoms with Gasteiger partial charge in [-0.05, 0) is 30.3 Å². The fraction of sp³-hybridized carbons (Fsp3) is 0.182. The van der Waals surface area contributed by atoms with Gasteiger partial charge >= 0.3 is 12.2 Å². The van der Waals surface area contributed by atoms with E-state index in [2.05, 4.69) is 15.3 Å². The van der Waals surface area contributed by atoms with Gasteiger partial charge in [0.25, 0.3) is 5.91 Å². The number of hydrogen-bond donors (Lipinski definition) is 2. The zero-order chi connectivity index (χ0) is 25.5. The highest BCUT2D eigenvalue weighted by Crippen LogP contribution is 2.38. The first-order valence-electron chi connectivity index (χ1n) is 9.98. The van der Waals surface area contributed by atoms with Crippen molar-refractivity contribution in [1.82, 2.24) is 14.7 Å². The summed E-state index contributed by atoms with van der Waals surface area (Å²) in [5.41, 5.74) is 4.23. The fourth-order valence-electron chi connectivity index (χ4n) is 3.78. The SMILES string of the molecule is [C-]#[N+]c1ccc(NC(=O)N2CCn3nc(-c4cc(F)cc(Cl)c4)c(C(N)=O)c3C2)cc1C(F)(F)F. The van der Waals surface area contributed by atoms with E-state index in [9.17, 15) is 27.2 Å². The van der Waals surface area contributed by atoms with Gasteiger partial charge in [-0.15, -0.1) is 0 Å². The quantitative estimate of drug-likeness (QED) is 0.384. The van der Waals surface area contributed by atoms with Crippen molar-refractivity contribution >= 4 is 34.9 Å². The number of anilines is 1. The van der Waals surface area contributed by atoms with E-state index in [0.29, 0.717) is 6.07 Å². The van der Waals surface area contributed by atoms with E-state index >= 15 is 0 Å². The van der Waals surface area contributed by atoms with Crippen molar-refractivity contribution in [3.63, 3.8) is 0 Å². The number of halogens is 5. The average Bonchev–Trinajstić information content (AvgIpc) is 3.17. The highest BCUT2D eigenvalue weighted by Gasteiger charge is 2.34. The highest BCUT2D eigenvalue weighted by atomic mass is 35.5. The Bertz CT molecular complexity index is 1380. The first-order chi connectivity index (χ1) is 16.5. The van der Waals surface area contributed by atoms with Crippen LogP contribution in [0.15, 0.2) is 36.4 Å². The van der Waals surface area contributed by atoms with Gasteiger partial charge in [-0.3, -0.25) is 9.48 Å². The third-order valence-corrected chi connectivity index (χ3v) is 5.54. The third kappa shape index (κ3) is 4.76. The molecule has 0 bridgehead atoms. The van der Waals surface area contributed by atoms with Crippen molar-refractivity contribution in [2.45, 2.75) is 19.3 Å². The zero-order valence-electron chi connectivity index (χ0n) is 17.7. The minimum atomic E-state index is -4.77. The molecule has 0 aliphatic carbocycles. The summed E-state index contributed by atoms with van der Waals surface area (Å²) in [7, 11) is 0. The molecule has 1 aromatic heterocycles. The van der Waals surface area contributed by atoms with E-state index in [4.69, 9.17) is 23.9 Å². The Balaban J connectivity index is 1.62. The second-order valence-electron chi connectivity index (χ2n) is 7.61. The first-order valence-corrected chi connectivity index (χ1v) is 10.4. The number of alkyl halides is 3. The van der Waals surface area contributed by atoms with Gasteiger partial charge in [-0.25, -0.2) is 14.0 Å². The Labute approximate surface area is 200 Å².